The van der Waals surface area contributed by atoms with Crippen LogP contribution in [-0.4, -0.2) is 67.4 Å². The molecular weight excluding hydrogens is 620 g/mol. The number of amides is 1. The molecular formula is C37H49ClN2O5S. The summed E-state index contributed by atoms with van der Waals surface area (Å²) in [6.45, 7) is 7.47. The number of anilines is 1. The Hall–Kier alpha value is -2.52. The van der Waals surface area contributed by atoms with E-state index in [1.165, 1.54) is 11.1 Å². The lowest BCUT2D eigenvalue weighted by molar-refractivity contribution is -0.0195. The number of hydrogen-bond donors (Lipinski definition) is 1. The number of carbonyl (C=O) groups is 1. The third-order valence-electron chi connectivity index (χ3n) is 11.0. The fraction of sp³-hybridized carbons (Fsp3) is 0.568. The molecule has 250 valence electrons. The van der Waals surface area contributed by atoms with Crippen LogP contribution in [-0.2, 0) is 31.0 Å². The van der Waals surface area contributed by atoms with E-state index in [1.807, 2.05) is 25.1 Å². The monoisotopic (exact) mass is 668 g/mol. The molecule has 1 fully saturated rings. The van der Waals surface area contributed by atoms with Crippen molar-refractivity contribution < 1.29 is 23.2 Å². The van der Waals surface area contributed by atoms with Gasteiger partial charge in [0.2, 0.25) is 0 Å². The standard InChI is InChI=1S/C37H49ClN2O5S/c1-25-8-5-10-34(44-19-7-18-43-3)31-14-11-29(31)22-40-23-37(17-6-9-27-20-30(38)13-15-32(27)37)24-45-35-16-12-28(21-33(35)40)36(41)39-46(4,42)26(25)2/h5,10,12-13,15-16,20-21,25-26,29,31,34H,4,6-9,11,14,17-19,22-24H2,1-3H3,(H,39,41,42)/b10-5+/t25-,26+,29-,31+,34-,37-,46?/m0/s1. The third kappa shape index (κ3) is 6.87. The lowest BCUT2D eigenvalue weighted by Gasteiger charge is -2.46. The quantitative estimate of drug-likeness (QED) is 0.220. The first-order chi connectivity index (χ1) is 22.1. The van der Waals surface area contributed by atoms with Gasteiger partial charge in [0.1, 0.15) is 5.75 Å². The Balaban J connectivity index is 1.40. The number of carbonyl (C=O) groups excluding carboxylic acids is 1. The Morgan fingerprint density at radius 1 is 1.17 bits per heavy atom. The van der Waals surface area contributed by atoms with Crippen LogP contribution in [0.2, 0.25) is 5.02 Å². The number of halogens is 1. The summed E-state index contributed by atoms with van der Waals surface area (Å²) in [5.41, 5.74) is 3.78. The van der Waals surface area contributed by atoms with Gasteiger partial charge in [0.15, 0.2) is 0 Å². The number of aryl methyl sites for hydroxylation is 1. The molecule has 2 aliphatic carbocycles. The highest BCUT2D eigenvalue weighted by Crippen LogP contribution is 2.47. The van der Waals surface area contributed by atoms with Crippen LogP contribution in [0.4, 0.5) is 5.69 Å². The molecule has 46 heavy (non-hydrogen) atoms. The van der Waals surface area contributed by atoms with Gasteiger partial charge in [-0.2, -0.15) is 0 Å². The first-order valence-corrected chi connectivity index (χ1v) is 19.0. The van der Waals surface area contributed by atoms with Crippen LogP contribution in [0.25, 0.3) is 0 Å². The molecule has 0 saturated heterocycles. The van der Waals surface area contributed by atoms with E-state index in [0.717, 1.165) is 74.5 Å². The molecule has 6 rings (SSSR count). The van der Waals surface area contributed by atoms with E-state index in [1.54, 1.807) is 13.2 Å². The molecule has 1 amide bonds. The van der Waals surface area contributed by atoms with Crippen molar-refractivity contribution in [3.63, 3.8) is 0 Å². The number of hydrogen-bond acceptors (Lipinski definition) is 6. The van der Waals surface area contributed by atoms with E-state index < -0.39 is 9.71 Å². The van der Waals surface area contributed by atoms with Crippen molar-refractivity contribution in [2.24, 2.45) is 17.8 Å². The van der Waals surface area contributed by atoms with E-state index in [0.29, 0.717) is 37.2 Å². The lowest BCUT2D eigenvalue weighted by Crippen LogP contribution is -2.49. The van der Waals surface area contributed by atoms with Gasteiger partial charge in [-0.05, 0) is 117 Å². The molecule has 1 N–H and O–H groups in total. The molecule has 2 aromatic carbocycles. The molecule has 7 atom stereocenters. The topological polar surface area (TPSA) is 77.1 Å². The van der Waals surface area contributed by atoms with Crippen LogP contribution in [0.5, 0.6) is 5.75 Å². The number of rotatable bonds is 5. The smallest absolute Gasteiger partial charge is 0.262 e. The Morgan fingerprint density at radius 2 is 2.02 bits per heavy atom. The van der Waals surface area contributed by atoms with Gasteiger partial charge in [0.25, 0.3) is 5.91 Å². The van der Waals surface area contributed by atoms with Crippen LogP contribution in [0.15, 0.2) is 48.6 Å². The number of nitrogens with zero attached hydrogens (tertiary/aromatic N) is 1. The minimum absolute atomic E-state index is 0.00429. The second kappa shape index (κ2) is 13.9. The van der Waals surface area contributed by atoms with Gasteiger partial charge in [0.05, 0.1) is 28.1 Å². The summed E-state index contributed by atoms with van der Waals surface area (Å²) in [5, 5.41) is 0.453. The van der Waals surface area contributed by atoms with E-state index in [9.17, 15) is 9.00 Å². The van der Waals surface area contributed by atoms with Crippen molar-refractivity contribution in [3.8, 4) is 5.75 Å². The Bertz CT molecular complexity index is 1560. The molecule has 2 aliphatic heterocycles. The van der Waals surface area contributed by atoms with Crippen molar-refractivity contribution >= 4 is 38.8 Å². The average Bonchev–Trinajstić information content (AvgIpc) is 3.16. The summed E-state index contributed by atoms with van der Waals surface area (Å²) in [6.07, 6.45) is 11.3. The predicted molar refractivity (Wildman–Crippen MR) is 188 cm³/mol. The van der Waals surface area contributed by atoms with Gasteiger partial charge >= 0.3 is 0 Å². The van der Waals surface area contributed by atoms with Crippen LogP contribution >= 0.6 is 11.6 Å². The van der Waals surface area contributed by atoms with Crippen LogP contribution in [0.1, 0.15) is 73.9 Å². The van der Waals surface area contributed by atoms with Gasteiger partial charge in [-0.1, -0.05) is 36.7 Å². The molecule has 2 aromatic rings. The van der Waals surface area contributed by atoms with E-state index in [4.69, 9.17) is 25.8 Å². The summed E-state index contributed by atoms with van der Waals surface area (Å²) in [5.74, 6) is 5.27. The summed E-state index contributed by atoms with van der Waals surface area (Å²) >= 11 is 6.45. The SMILES string of the molecule is C=S1(=O)NC(=O)c2ccc3c(c2)N(C[C@@H]2CC[C@H]2[C@@H](OCCCOC)/C=C/C[C@H](C)[C@H]1C)C[C@@]1(CCCc2cc(Cl)ccc21)CO3. The fourth-order valence-corrected chi connectivity index (χ4v) is 9.51. The minimum atomic E-state index is -2.91. The van der Waals surface area contributed by atoms with Crippen molar-refractivity contribution in [1.29, 1.82) is 0 Å². The molecule has 7 nitrogen and oxygen atoms in total. The van der Waals surface area contributed by atoms with Crippen molar-refractivity contribution in [2.45, 2.75) is 75.6 Å². The zero-order valence-electron chi connectivity index (χ0n) is 27.5. The molecule has 0 aromatic heterocycles. The Labute approximate surface area is 280 Å². The highest BCUT2D eigenvalue weighted by molar-refractivity contribution is 7.99. The molecule has 9 heteroatoms. The second-order valence-corrected chi connectivity index (χ2v) is 16.8. The molecule has 2 bridgehead atoms. The maximum absolute atomic E-state index is 13.8. The molecule has 2 heterocycles. The Kier molecular flexibility index (Phi) is 10.1. The molecule has 1 spiro atoms. The maximum Gasteiger partial charge on any atom is 0.262 e. The fourth-order valence-electron chi connectivity index (χ4n) is 7.84. The van der Waals surface area contributed by atoms with E-state index in [2.05, 4.69) is 46.7 Å². The molecule has 1 saturated carbocycles. The molecule has 1 unspecified atom stereocenters. The van der Waals surface area contributed by atoms with Gasteiger partial charge in [0, 0.05) is 54.7 Å². The number of nitrogens with one attached hydrogen (secondary N) is 1. The van der Waals surface area contributed by atoms with Gasteiger partial charge in [-0.25, -0.2) is 4.21 Å². The average molecular weight is 669 g/mol. The maximum atomic E-state index is 13.8. The predicted octanol–water partition coefficient (Wildman–Crippen LogP) is 6.61. The second-order valence-electron chi connectivity index (χ2n) is 14.0. The van der Waals surface area contributed by atoms with Crippen molar-refractivity contribution in [3.05, 3.63) is 70.3 Å². The zero-order chi connectivity index (χ0) is 32.5. The van der Waals surface area contributed by atoms with E-state index in [-0.39, 0.29) is 28.6 Å². The molecule has 0 radical (unpaired) electrons. The highest BCUT2D eigenvalue weighted by atomic mass is 35.5. The number of ether oxygens (including phenoxy) is 3. The summed E-state index contributed by atoms with van der Waals surface area (Å²) < 4.78 is 35.1. The number of methoxy groups -OCH3 is 1. The van der Waals surface area contributed by atoms with Gasteiger partial charge in [-0.15, -0.1) is 0 Å². The van der Waals surface area contributed by atoms with Crippen LogP contribution < -0.4 is 14.4 Å². The first-order valence-electron chi connectivity index (χ1n) is 16.9. The minimum Gasteiger partial charge on any atom is -0.490 e. The molecule has 4 aliphatic rings. The summed E-state index contributed by atoms with van der Waals surface area (Å²) in [7, 11) is -1.19. The van der Waals surface area contributed by atoms with Crippen LogP contribution in [0, 0.1) is 17.8 Å². The zero-order valence-corrected chi connectivity index (χ0v) is 29.0. The number of fused-ring (bicyclic) bond motifs is 4. The summed E-state index contributed by atoms with van der Waals surface area (Å²) in [6, 6.07) is 11.9. The first kappa shape index (κ1) is 33.4. The normalized spacial score (nSPS) is 33.5. The van der Waals surface area contributed by atoms with Crippen molar-refractivity contribution in [1.82, 2.24) is 4.72 Å². The largest absolute Gasteiger partial charge is 0.490 e. The number of allylic oxidation sites excluding steroid dienone is 1. The summed E-state index contributed by atoms with van der Waals surface area (Å²) in [4.78, 5) is 16.1. The highest BCUT2D eigenvalue weighted by Gasteiger charge is 2.44. The lowest BCUT2D eigenvalue weighted by atomic mass is 9.68. The van der Waals surface area contributed by atoms with Gasteiger partial charge in [-0.3, -0.25) is 9.52 Å². The van der Waals surface area contributed by atoms with Gasteiger partial charge < -0.3 is 19.1 Å². The van der Waals surface area contributed by atoms with E-state index >= 15 is 0 Å². The van der Waals surface area contributed by atoms with Crippen molar-refractivity contribution in [2.75, 3.05) is 44.9 Å². The number of benzene rings is 2. The Morgan fingerprint density at radius 3 is 2.80 bits per heavy atom. The third-order valence-corrected chi connectivity index (χ3v) is 13.4. The van der Waals surface area contributed by atoms with Crippen LogP contribution in [0.3, 0.4) is 0 Å².